The number of benzene rings is 1. The van der Waals surface area contributed by atoms with Crippen LogP contribution in [0, 0.1) is 6.92 Å². The number of hydrogen-bond acceptors (Lipinski definition) is 5. The van der Waals surface area contributed by atoms with Gasteiger partial charge in [0, 0.05) is 11.9 Å². The molecule has 1 rings (SSSR count). The minimum absolute atomic E-state index is 0.121. The largest absolute Gasteiger partial charge is 0.399 e. The maximum absolute atomic E-state index is 10.7. The molecule has 0 aliphatic carbocycles. The average molecular weight is 221 g/mol. The number of nitrogen functional groups attached to an aromatic ring is 1. The van der Waals surface area contributed by atoms with Crippen molar-refractivity contribution >= 4 is 17.3 Å². The summed E-state index contributed by atoms with van der Waals surface area (Å²) in [5, 5.41) is 1.21. The van der Waals surface area contributed by atoms with Gasteiger partial charge in [-0.05, 0) is 24.6 Å². The zero-order valence-corrected chi connectivity index (χ0v) is 8.97. The Kier molecular flexibility index (Phi) is 3.37. The molecule has 16 heavy (non-hydrogen) atoms. The molecule has 0 saturated heterocycles. The third-order valence-corrected chi connectivity index (χ3v) is 2.07. The van der Waals surface area contributed by atoms with E-state index >= 15 is 0 Å². The van der Waals surface area contributed by atoms with Gasteiger partial charge in [-0.1, -0.05) is 6.07 Å². The normalized spacial score (nSPS) is 11.2. The van der Waals surface area contributed by atoms with Gasteiger partial charge in [-0.2, -0.15) is 0 Å². The van der Waals surface area contributed by atoms with Gasteiger partial charge in [0.2, 0.25) is 0 Å². The third kappa shape index (κ3) is 2.64. The highest BCUT2D eigenvalue weighted by atomic mass is 16.1. The maximum Gasteiger partial charge on any atom is 0.266 e. The summed E-state index contributed by atoms with van der Waals surface area (Å²) in [6, 6.07) is 5.26. The van der Waals surface area contributed by atoms with Crippen molar-refractivity contribution in [2.24, 2.45) is 17.3 Å². The van der Waals surface area contributed by atoms with E-state index in [1.165, 1.54) is 11.2 Å². The van der Waals surface area contributed by atoms with Crippen LogP contribution in [0.3, 0.4) is 0 Å². The van der Waals surface area contributed by atoms with Crippen LogP contribution in [0.15, 0.2) is 30.1 Å². The standard InChI is InChI=1S/C10H15N5O/c1-6-2-3-7(11)4-9(6)15(14)5-8(12)10(13)16/h2-5H,11-12,14H2,1H3,(H2,13,16)/b8-5-. The Balaban J connectivity index is 3.05. The van der Waals surface area contributed by atoms with E-state index < -0.39 is 5.91 Å². The lowest BCUT2D eigenvalue weighted by atomic mass is 10.2. The zero-order valence-electron chi connectivity index (χ0n) is 8.97. The summed E-state index contributed by atoms with van der Waals surface area (Å²) in [6.45, 7) is 1.86. The molecule has 0 bridgehead atoms. The molecular weight excluding hydrogens is 206 g/mol. The minimum Gasteiger partial charge on any atom is -0.399 e. The molecular formula is C10H15N5O. The van der Waals surface area contributed by atoms with E-state index in [1.807, 2.05) is 13.0 Å². The molecule has 0 atom stereocenters. The molecule has 8 N–H and O–H groups in total. The van der Waals surface area contributed by atoms with Gasteiger partial charge in [-0.3, -0.25) is 9.80 Å². The molecule has 1 aromatic rings. The van der Waals surface area contributed by atoms with Crippen LogP contribution in [-0.2, 0) is 4.79 Å². The number of hydrogen-bond donors (Lipinski definition) is 4. The van der Waals surface area contributed by atoms with Crippen molar-refractivity contribution in [3.63, 3.8) is 0 Å². The Bertz CT molecular complexity index is 441. The first-order valence-corrected chi connectivity index (χ1v) is 4.59. The molecule has 0 fully saturated rings. The molecule has 0 spiro atoms. The lowest BCUT2D eigenvalue weighted by molar-refractivity contribution is -0.114. The first-order chi connectivity index (χ1) is 7.41. The second-order valence-corrected chi connectivity index (χ2v) is 3.40. The van der Waals surface area contributed by atoms with E-state index in [0.29, 0.717) is 11.4 Å². The maximum atomic E-state index is 10.7. The van der Waals surface area contributed by atoms with Crippen LogP contribution in [0.1, 0.15) is 5.56 Å². The summed E-state index contributed by atoms with van der Waals surface area (Å²) in [4.78, 5) is 10.7. The van der Waals surface area contributed by atoms with Crippen LogP contribution in [0.2, 0.25) is 0 Å². The number of amides is 1. The number of primary amides is 1. The average Bonchev–Trinajstić information content (AvgIpc) is 2.21. The van der Waals surface area contributed by atoms with Gasteiger partial charge in [-0.25, -0.2) is 5.84 Å². The molecule has 6 nitrogen and oxygen atoms in total. The highest BCUT2D eigenvalue weighted by Gasteiger charge is 2.06. The number of rotatable bonds is 3. The van der Waals surface area contributed by atoms with Gasteiger partial charge in [0.05, 0.1) is 5.69 Å². The Labute approximate surface area is 93.5 Å². The predicted octanol–water partition coefficient (Wildman–Crippen LogP) is -0.457. The quantitative estimate of drug-likeness (QED) is 0.238. The molecule has 1 aromatic carbocycles. The molecule has 0 radical (unpaired) electrons. The fraction of sp³-hybridized carbons (Fsp3) is 0.100. The van der Waals surface area contributed by atoms with Crippen molar-refractivity contribution in [1.82, 2.24) is 0 Å². The molecule has 0 aliphatic rings. The van der Waals surface area contributed by atoms with Gasteiger partial charge in [0.1, 0.15) is 5.70 Å². The van der Waals surface area contributed by atoms with Crippen molar-refractivity contribution in [1.29, 1.82) is 0 Å². The molecule has 0 saturated carbocycles. The lowest BCUT2D eigenvalue weighted by Gasteiger charge is -2.17. The van der Waals surface area contributed by atoms with Gasteiger partial charge >= 0.3 is 0 Å². The smallest absolute Gasteiger partial charge is 0.266 e. The van der Waals surface area contributed by atoms with Gasteiger partial charge in [-0.15, -0.1) is 0 Å². The minimum atomic E-state index is -0.725. The summed E-state index contributed by atoms with van der Waals surface area (Å²) in [7, 11) is 0. The van der Waals surface area contributed by atoms with E-state index in [2.05, 4.69) is 0 Å². The molecule has 6 heteroatoms. The summed E-state index contributed by atoms with van der Waals surface area (Å²) >= 11 is 0. The van der Waals surface area contributed by atoms with Crippen LogP contribution in [0.25, 0.3) is 0 Å². The van der Waals surface area contributed by atoms with Gasteiger partial charge in [0.25, 0.3) is 5.91 Å². The SMILES string of the molecule is Cc1ccc(N)cc1N(N)/C=C(\N)C(N)=O. The number of aryl methyl sites for hydroxylation is 1. The van der Waals surface area contributed by atoms with E-state index in [4.69, 9.17) is 23.0 Å². The fourth-order valence-corrected chi connectivity index (χ4v) is 1.19. The molecule has 0 aliphatic heterocycles. The Morgan fingerprint density at radius 2 is 2.00 bits per heavy atom. The number of nitrogens with two attached hydrogens (primary N) is 4. The van der Waals surface area contributed by atoms with Crippen molar-refractivity contribution in [3.05, 3.63) is 35.7 Å². The van der Waals surface area contributed by atoms with E-state index in [0.717, 1.165) is 5.56 Å². The summed E-state index contributed by atoms with van der Waals surface area (Å²) in [5.41, 5.74) is 18.0. The fourth-order valence-electron chi connectivity index (χ4n) is 1.19. The first-order valence-electron chi connectivity index (χ1n) is 4.59. The second kappa shape index (κ2) is 4.54. The van der Waals surface area contributed by atoms with E-state index in [9.17, 15) is 4.79 Å². The van der Waals surface area contributed by atoms with Crippen LogP contribution in [0.4, 0.5) is 11.4 Å². The third-order valence-electron chi connectivity index (χ3n) is 2.07. The Hall–Kier alpha value is -2.21. The predicted molar refractivity (Wildman–Crippen MR) is 63.7 cm³/mol. The summed E-state index contributed by atoms with van der Waals surface area (Å²) in [6.07, 6.45) is 1.25. The second-order valence-electron chi connectivity index (χ2n) is 3.40. The number of hydrazine groups is 1. The van der Waals surface area contributed by atoms with Crippen molar-refractivity contribution in [2.45, 2.75) is 6.92 Å². The highest BCUT2D eigenvalue weighted by Crippen LogP contribution is 2.20. The Morgan fingerprint density at radius 3 is 2.56 bits per heavy atom. The van der Waals surface area contributed by atoms with Crippen molar-refractivity contribution in [2.75, 3.05) is 10.7 Å². The number of anilines is 2. The molecule has 0 unspecified atom stereocenters. The molecule has 0 aromatic heterocycles. The Morgan fingerprint density at radius 1 is 1.38 bits per heavy atom. The first kappa shape index (κ1) is 11.9. The topological polar surface area (TPSA) is 124 Å². The monoisotopic (exact) mass is 221 g/mol. The number of carbonyl (C=O) groups excluding carboxylic acids is 1. The van der Waals surface area contributed by atoms with Crippen LogP contribution < -0.4 is 28.1 Å². The van der Waals surface area contributed by atoms with Crippen molar-refractivity contribution in [3.8, 4) is 0 Å². The van der Waals surface area contributed by atoms with Gasteiger partial charge < -0.3 is 17.2 Å². The summed E-state index contributed by atoms with van der Waals surface area (Å²) < 4.78 is 0. The zero-order chi connectivity index (χ0) is 12.3. The number of nitrogens with zero attached hydrogens (tertiary/aromatic N) is 1. The van der Waals surface area contributed by atoms with Crippen molar-refractivity contribution < 1.29 is 4.79 Å². The highest BCUT2D eigenvalue weighted by molar-refractivity contribution is 5.91. The van der Waals surface area contributed by atoms with E-state index in [1.54, 1.807) is 12.1 Å². The lowest BCUT2D eigenvalue weighted by Crippen LogP contribution is -2.30. The summed E-state index contributed by atoms with van der Waals surface area (Å²) in [5.74, 6) is 4.99. The van der Waals surface area contributed by atoms with Crippen LogP contribution in [-0.4, -0.2) is 5.91 Å². The van der Waals surface area contributed by atoms with Crippen LogP contribution >= 0.6 is 0 Å². The van der Waals surface area contributed by atoms with Gasteiger partial charge in [0.15, 0.2) is 0 Å². The number of carbonyl (C=O) groups is 1. The molecule has 0 heterocycles. The van der Waals surface area contributed by atoms with Crippen LogP contribution in [0.5, 0.6) is 0 Å². The molecule has 86 valence electrons. The van der Waals surface area contributed by atoms with E-state index in [-0.39, 0.29) is 5.70 Å². The molecule has 1 amide bonds.